The van der Waals surface area contributed by atoms with E-state index in [2.05, 4.69) is 17.0 Å². The van der Waals surface area contributed by atoms with Crippen LogP contribution in [0.4, 0.5) is 0 Å². The van der Waals surface area contributed by atoms with E-state index < -0.39 is 81.5 Å². The molecule has 23 heteroatoms. The van der Waals surface area contributed by atoms with Crippen LogP contribution in [0, 0.1) is 29.2 Å². The van der Waals surface area contributed by atoms with Gasteiger partial charge >= 0.3 is 70.4 Å². The lowest BCUT2D eigenvalue weighted by atomic mass is 10.6. The Morgan fingerprint density at radius 3 is 1.16 bits per heavy atom. The third kappa shape index (κ3) is 6.21. The van der Waals surface area contributed by atoms with Gasteiger partial charge in [-0.1, -0.05) is 55.4 Å². The van der Waals surface area contributed by atoms with E-state index >= 15 is 0 Å². The zero-order valence-electron chi connectivity index (χ0n) is 27.3. The fourth-order valence-corrected chi connectivity index (χ4v) is 56.8. The molecule has 8 bridgehead atoms. The Morgan fingerprint density at radius 1 is 0.511 bits per heavy atom. The molecule has 6 aliphatic rings. The molecule has 4 unspecified atom stereocenters. The molecule has 6 heterocycles. The van der Waals surface area contributed by atoms with Crippen molar-refractivity contribution >= 4 is 70.4 Å². The largest absolute Gasteiger partial charge is 0.486 e. The highest BCUT2D eigenvalue weighted by atomic mass is 28.6. The normalized spacial score (nSPS) is 45.5. The Hall–Kier alpha value is -0.275. The zero-order valence-corrected chi connectivity index (χ0v) is 35.3. The Balaban J connectivity index is 1.92. The van der Waals surface area contributed by atoms with E-state index in [4.69, 9.17) is 56.0 Å². The molecule has 6 aliphatic heterocycles. The minimum Gasteiger partial charge on any atom is -0.373 e. The van der Waals surface area contributed by atoms with Gasteiger partial charge in [0.05, 0.1) is 18.2 Å². The molecule has 0 aromatic carbocycles. The molecule has 0 aromatic rings. The second-order valence-corrected chi connectivity index (χ2v) is 39.7. The van der Waals surface area contributed by atoms with Crippen LogP contribution in [0.3, 0.4) is 0 Å². The number of nitrogens with zero attached hydrogens (tertiary/aromatic N) is 3. The first-order valence-corrected chi connectivity index (χ1v) is 30.7. The van der Waals surface area contributed by atoms with Crippen LogP contribution in [0.5, 0.6) is 0 Å². The molecule has 0 aliphatic carbocycles. The minimum atomic E-state index is -4.13. The van der Waals surface area contributed by atoms with Crippen molar-refractivity contribution in [2.75, 3.05) is 6.54 Å². The summed E-state index contributed by atoms with van der Waals surface area (Å²) in [5, 5.41) is 19.6. The Kier molecular flexibility index (Phi) is 9.80. The molecule has 0 amide bonds. The van der Waals surface area contributed by atoms with Crippen LogP contribution in [0.1, 0.15) is 68.2 Å². The summed E-state index contributed by atoms with van der Waals surface area (Å²) in [7, 11) is -32.2. The first kappa shape index (κ1) is 36.0. The summed E-state index contributed by atoms with van der Waals surface area (Å²) in [6, 6.07) is 4.63. The SMILES string of the molecule is [C-]#[N+]CC[Si]12O[Si]3(C)O[Si]4(C(C)C)O[Si]5(CCC#N)O[Si](CCC#N)(O[Si](C(C)C)(O1)O4)O[Si](C(C)C)(O2)O[Si](C(C)C)(O3)O5. The van der Waals surface area contributed by atoms with E-state index in [1.165, 1.54) is 0 Å². The summed E-state index contributed by atoms with van der Waals surface area (Å²) in [6.45, 7) is 24.8. The molecule has 0 N–H and O–H groups in total. The van der Waals surface area contributed by atoms with Gasteiger partial charge in [0.15, 0.2) is 0 Å². The molecule has 0 spiro atoms. The van der Waals surface area contributed by atoms with Gasteiger partial charge in [0.25, 0.3) is 0 Å². The van der Waals surface area contributed by atoms with Gasteiger partial charge in [-0.2, -0.15) is 10.5 Å². The van der Waals surface area contributed by atoms with E-state index in [0.717, 1.165) is 0 Å². The van der Waals surface area contributed by atoms with Crippen LogP contribution in [-0.2, 0) is 49.4 Å². The molecule has 0 aromatic heterocycles. The lowest BCUT2D eigenvalue weighted by molar-refractivity contribution is -0.0353. The number of nitriles is 2. The van der Waals surface area contributed by atoms with E-state index in [1.54, 1.807) is 6.55 Å². The van der Waals surface area contributed by atoms with E-state index in [1.807, 2.05) is 55.4 Å². The second kappa shape index (κ2) is 12.2. The van der Waals surface area contributed by atoms with Crippen LogP contribution in [0.2, 0.25) is 46.8 Å². The molecule has 0 saturated carbocycles. The maximum atomic E-state index is 9.82. The summed E-state index contributed by atoms with van der Waals surface area (Å²) in [5.41, 5.74) is -1.53. The highest BCUT2D eigenvalue weighted by molar-refractivity contribution is 7.03. The standard InChI is InChI=1S/C22H43N3O12Si8/c1-19(2)42-27-38(10)26-41(18-15-25-9)34-44(36-42,21(5)6)32-40(17-12-14-24)29-39(30-42,16-11-13-23)31-43(28-38,20(3)4)37-45(33-40,35-41)22(7)8/h19-22H,11-12,15-18H2,1-8,10H3. The fourth-order valence-electron chi connectivity index (χ4n) is 5.72. The van der Waals surface area contributed by atoms with Crippen LogP contribution in [0.15, 0.2) is 0 Å². The van der Waals surface area contributed by atoms with Gasteiger partial charge in [-0.3, -0.25) is 0 Å². The van der Waals surface area contributed by atoms with Crippen molar-refractivity contribution in [1.82, 2.24) is 0 Å². The van der Waals surface area contributed by atoms with Crippen LogP contribution in [-0.4, -0.2) is 77.0 Å². The summed E-state index contributed by atoms with van der Waals surface area (Å²) in [6.07, 6.45) is 0.0544. The molecule has 0 radical (unpaired) electrons. The Labute approximate surface area is 274 Å². The van der Waals surface area contributed by atoms with Crippen LogP contribution < -0.4 is 0 Å². The van der Waals surface area contributed by atoms with Crippen molar-refractivity contribution in [2.45, 2.75) is 115 Å². The first-order valence-electron chi connectivity index (χ1n) is 15.4. The van der Waals surface area contributed by atoms with Gasteiger partial charge in [-0.05, 0) is 0 Å². The van der Waals surface area contributed by atoms with Gasteiger partial charge in [0.1, 0.15) is 0 Å². The molecular formula is C22H43N3O12Si8. The molecular weight excluding hydrogens is 723 g/mol. The van der Waals surface area contributed by atoms with Crippen molar-refractivity contribution < 1.29 is 49.4 Å². The van der Waals surface area contributed by atoms with Crippen molar-refractivity contribution in [3.63, 3.8) is 0 Å². The van der Waals surface area contributed by atoms with Gasteiger partial charge < -0.3 is 54.2 Å². The van der Waals surface area contributed by atoms with Gasteiger partial charge in [-0.25, -0.2) is 6.57 Å². The van der Waals surface area contributed by atoms with Gasteiger partial charge in [0.2, 0.25) is 6.54 Å². The summed E-state index contributed by atoms with van der Waals surface area (Å²) in [5.74, 6) is 0. The molecule has 6 fully saturated rings. The van der Waals surface area contributed by atoms with E-state index in [9.17, 15) is 10.5 Å². The lowest BCUT2D eigenvalue weighted by Gasteiger charge is -2.64. The average molecular weight is 766 g/mol. The maximum absolute atomic E-state index is 9.82. The van der Waals surface area contributed by atoms with E-state index in [-0.39, 0.29) is 48.6 Å². The molecule has 45 heavy (non-hydrogen) atoms. The monoisotopic (exact) mass is 765 g/mol. The number of hydrogen-bond acceptors (Lipinski definition) is 14. The van der Waals surface area contributed by atoms with Crippen LogP contribution in [0.25, 0.3) is 4.85 Å². The highest BCUT2D eigenvalue weighted by Gasteiger charge is 2.84. The Bertz CT molecular complexity index is 1240. The third-order valence-corrected chi connectivity index (χ3v) is 45.6. The average Bonchev–Trinajstić information content (AvgIpc) is 2.88. The summed E-state index contributed by atoms with van der Waals surface area (Å²) in [4.78, 5) is 3.63. The molecule has 4 atom stereocenters. The smallest absolute Gasteiger partial charge is 0.373 e. The lowest BCUT2D eigenvalue weighted by Crippen LogP contribution is -2.89. The predicted molar refractivity (Wildman–Crippen MR) is 172 cm³/mol. The summed E-state index contributed by atoms with van der Waals surface area (Å²) < 4.78 is 86.0. The zero-order chi connectivity index (χ0) is 33.2. The van der Waals surface area contributed by atoms with Gasteiger partial charge in [0, 0.05) is 53.6 Å². The molecule has 250 valence electrons. The molecule has 6 rings (SSSR count). The topological polar surface area (TPSA) is 163 Å². The van der Waals surface area contributed by atoms with Crippen LogP contribution >= 0.6 is 0 Å². The third-order valence-electron chi connectivity index (χ3n) is 8.11. The quantitative estimate of drug-likeness (QED) is 0.221. The van der Waals surface area contributed by atoms with Crippen molar-refractivity contribution in [1.29, 1.82) is 10.5 Å². The molecule has 6 saturated heterocycles. The number of hydrogen-bond donors (Lipinski definition) is 0. The number of rotatable bonds is 10. The van der Waals surface area contributed by atoms with E-state index in [0.29, 0.717) is 0 Å². The van der Waals surface area contributed by atoms with Crippen molar-refractivity contribution in [2.24, 2.45) is 0 Å². The van der Waals surface area contributed by atoms with Crippen molar-refractivity contribution in [3.05, 3.63) is 11.4 Å². The Morgan fingerprint density at radius 2 is 0.844 bits per heavy atom. The van der Waals surface area contributed by atoms with Crippen molar-refractivity contribution in [3.8, 4) is 12.1 Å². The molecule has 15 nitrogen and oxygen atoms in total. The van der Waals surface area contributed by atoms with Gasteiger partial charge in [-0.15, -0.1) is 0 Å². The fraction of sp³-hybridized carbons (Fsp3) is 0.864. The highest BCUT2D eigenvalue weighted by Crippen LogP contribution is 2.56. The minimum absolute atomic E-state index is 0.0222. The first-order chi connectivity index (χ1) is 20.9. The second-order valence-electron chi connectivity index (χ2n) is 13.1. The summed E-state index contributed by atoms with van der Waals surface area (Å²) >= 11 is 0. The predicted octanol–water partition coefficient (Wildman–Crippen LogP) is 4.78. The maximum Gasteiger partial charge on any atom is 0.486 e.